The average molecular weight is 295 g/mol. The van der Waals surface area contributed by atoms with Gasteiger partial charge in [-0.3, -0.25) is 14.8 Å². The van der Waals surface area contributed by atoms with E-state index in [0.29, 0.717) is 35.1 Å². The number of carbonyl (C=O) groups is 1. The summed E-state index contributed by atoms with van der Waals surface area (Å²) in [5.74, 6) is -0.491. The minimum Gasteiger partial charge on any atom is -0.352 e. The number of halogens is 1. The van der Waals surface area contributed by atoms with E-state index in [2.05, 4.69) is 15.3 Å². The molecule has 1 amide bonds. The molecular formula is C17H14FN3O. The molecule has 0 radical (unpaired) electrons. The van der Waals surface area contributed by atoms with Gasteiger partial charge in [0.15, 0.2) is 0 Å². The summed E-state index contributed by atoms with van der Waals surface area (Å²) in [5.41, 5.74) is 2.29. The second-order valence-corrected chi connectivity index (χ2v) is 4.83. The fraction of sp³-hybridized carbons (Fsp3) is 0.118. The minimum absolute atomic E-state index is 0.234. The van der Waals surface area contributed by atoms with Crippen molar-refractivity contribution < 1.29 is 9.18 Å². The average Bonchev–Trinajstić information content (AvgIpc) is 2.56. The van der Waals surface area contributed by atoms with E-state index in [4.69, 9.17) is 0 Å². The first kappa shape index (κ1) is 14.1. The van der Waals surface area contributed by atoms with E-state index in [1.807, 2.05) is 0 Å². The van der Waals surface area contributed by atoms with Crippen molar-refractivity contribution in [2.45, 2.75) is 6.42 Å². The van der Waals surface area contributed by atoms with Gasteiger partial charge in [-0.25, -0.2) is 4.39 Å². The summed E-state index contributed by atoms with van der Waals surface area (Å²) in [6, 6.07) is 11.8. The number of rotatable bonds is 4. The molecule has 0 unspecified atom stereocenters. The Morgan fingerprint density at radius 2 is 1.86 bits per heavy atom. The predicted molar refractivity (Wildman–Crippen MR) is 82.0 cm³/mol. The first-order valence-electron chi connectivity index (χ1n) is 6.97. The lowest BCUT2D eigenvalue weighted by molar-refractivity contribution is 0.0955. The zero-order valence-electron chi connectivity index (χ0n) is 11.8. The third-order valence-electron chi connectivity index (χ3n) is 3.38. The largest absolute Gasteiger partial charge is 0.352 e. The number of amides is 1. The summed E-state index contributed by atoms with van der Waals surface area (Å²) in [7, 11) is 0. The molecule has 0 bridgehead atoms. The van der Waals surface area contributed by atoms with Crippen molar-refractivity contribution in [2.24, 2.45) is 0 Å². The lowest BCUT2D eigenvalue weighted by Gasteiger charge is -2.07. The Labute approximate surface area is 127 Å². The summed E-state index contributed by atoms with van der Waals surface area (Å²) in [5, 5.41) is 2.79. The van der Waals surface area contributed by atoms with Crippen molar-refractivity contribution in [1.29, 1.82) is 0 Å². The Morgan fingerprint density at radius 1 is 1.05 bits per heavy atom. The number of para-hydroxylation sites is 1. The molecule has 3 aromatic rings. The van der Waals surface area contributed by atoms with Crippen LogP contribution in [0.3, 0.4) is 0 Å². The molecule has 0 fully saturated rings. The molecule has 1 N–H and O–H groups in total. The number of hydrogen-bond donors (Lipinski definition) is 1. The van der Waals surface area contributed by atoms with Crippen molar-refractivity contribution in [1.82, 2.24) is 15.3 Å². The molecule has 0 atom stereocenters. The summed E-state index contributed by atoms with van der Waals surface area (Å²) < 4.78 is 13.5. The molecule has 110 valence electrons. The summed E-state index contributed by atoms with van der Waals surface area (Å²) >= 11 is 0. The third kappa shape index (κ3) is 2.93. The van der Waals surface area contributed by atoms with E-state index in [-0.39, 0.29) is 11.7 Å². The fourth-order valence-corrected chi connectivity index (χ4v) is 2.28. The number of carbonyl (C=O) groups excluding carboxylic acids is 1. The monoisotopic (exact) mass is 295 g/mol. The fourth-order valence-electron chi connectivity index (χ4n) is 2.28. The van der Waals surface area contributed by atoms with Gasteiger partial charge in [0, 0.05) is 18.9 Å². The molecule has 0 aliphatic rings. The van der Waals surface area contributed by atoms with Crippen LogP contribution in [0.15, 0.2) is 54.9 Å². The molecule has 4 nitrogen and oxygen atoms in total. The number of aromatic nitrogens is 2. The van der Waals surface area contributed by atoms with Gasteiger partial charge in [-0.1, -0.05) is 24.3 Å². The maximum atomic E-state index is 13.5. The third-order valence-corrected chi connectivity index (χ3v) is 3.38. The molecule has 0 aliphatic carbocycles. The van der Waals surface area contributed by atoms with Crippen LogP contribution in [0.1, 0.15) is 15.9 Å². The Kier molecular flexibility index (Phi) is 4.05. The molecule has 3 rings (SSSR count). The van der Waals surface area contributed by atoms with E-state index < -0.39 is 0 Å². The Balaban J connectivity index is 1.70. The van der Waals surface area contributed by atoms with Gasteiger partial charge in [0.1, 0.15) is 11.3 Å². The van der Waals surface area contributed by atoms with Crippen LogP contribution in [0.2, 0.25) is 0 Å². The van der Waals surface area contributed by atoms with Gasteiger partial charge in [0.25, 0.3) is 5.91 Å². The highest BCUT2D eigenvalue weighted by molar-refractivity contribution is 6.04. The molecule has 5 heteroatoms. The van der Waals surface area contributed by atoms with Crippen LogP contribution in [0.25, 0.3) is 11.0 Å². The maximum Gasteiger partial charge on any atom is 0.253 e. The zero-order chi connectivity index (χ0) is 15.4. The first-order chi connectivity index (χ1) is 10.8. The first-order valence-corrected chi connectivity index (χ1v) is 6.97. The van der Waals surface area contributed by atoms with Crippen LogP contribution >= 0.6 is 0 Å². The van der Waals surface area contributed by atoms with Crippen LogP contribution in [0, 0.1) is 5.82 Å². The molecule has 1 heterocycles. The molecule has 22 heavy (non-hydrogen) atoms. The van der Waals surface area contributed by atoms with Crippen LogP contribution < -0.4 is 5.32 Å². The standard InChI is InChI=1S/C17H14FN3O/c18-14-6-2-1-4-12(14)8-9-21-17(22)13-5-3-7-15-16(13)20-11-10-19-15/h1-7,10-11H,8-9H2,(H,21,22). The maximum absolute atomic E-state index is 13.5. The van der Waals surface area contributed by atoms with Crippen molar-refractivity contribution in [3.05, 3.63) is 71.8 Å². The van der Waals surface area contributed by atoms with E-state index >= 15 is 0 Å². The number of fused-ring (bicyclic) bond motifs is 1. The molecular weight excluding hydrogens is 281 g/mol. The van der Waals surface area contributed by atoms with Crippen LogP contribution in [-0.4, -0.2) is 22.4 Å². The number of hydrogen-bond acceptors (Lipinski definition) is 3. The van der Waals surface area contributed by atoms with E-state index in [9.17, 15) is 9.18 Å². The molecule has 0 aliphatic heterocycles. The summed E-state index contributed by atoms with van der Waals surface area (Å²) in [6.45, 7) is 0.358. The van der Waals surface area contributed by atoms with Crippen molar-refractivity contribution >= 4 is 16.9 Å². The number of benzene rings is 2. The molecule has 1 aromatic heterocycles. The molecule has 0 spiro atoms. The Morgan fingerprint density at radius 3 is 2.73 bits per heavy atom. The normalized spacial score (nSPS) is 10.6. The summed E-state index contributed by atoms with van der Waals surface area (Å²) in [4.78, 5) is 20.6. The van der Waals surface area contributed by atoms with Gasteiger partial charge in [0.05, 0.1) is 11.1 Å². The number of nitrogens with zero attached hydrogens (tertiary/aromatic N) is 2. The van der Waals surface area contributed by atoms with E-state index in [0.717, 1.165) is 0 Å². The molecule has 0 saturated carbocycles. The smallest absolute Gasteiger partial charge is 0.253 e. The lowest BCUT2D eigenvalue weighted by atomic mass is 10.1. The van der Waals surface area contributed by atoms with Crippen LogP contribution in [-0.2, 0) is 6.42 Å². The topological polar surface area (TPSA) is 54.9 Å². The SMILES string of the molecule is O=C(NCCc1ccccc1F)c1cccc2nccnc12. The van der Waals surface area contributed by atoms with Gasteiger partial charge in [0.2, 0.25) is 0 Å². The quantitative estimate of drug-likeness (QED) is 0.805. The minimum atomic E-state index is -0.257. The van der Waals surface area contributed by atoms with E-state index in [1.54, 1.807) is 48.8 Å². The second kappa shape index (κ2) is 6.30. The predicted octanol–water partition coefficient (Wildman–Crippen LogP) is 2.74. The summed E-state index contributed by atoms with van der Waals surface area (Å²) in [6.07, 6.45) is 3.58. The van der Waals surface area contributed by atoms with Crippen molar-refractivity contribution in [3.63, 3.8) is 0 Å². The van der Waals surface area contributed by atoms with Gasteiger partial charge in [-0.15, -0.1) is 0 Å². The van der Waals surface area contributed by atoms with Crippen LogP contribution in [0.5, 0.6) is 0 Å². The van der Waals surface area contributed by atoms with Crippen molar-refractivity contribution in [3.8, 4) is 0 Å². The molecule has 0 saturated heterocycles. The highest BCUT2D eigenvalue weighted by Gasteiger charge is 2.11. The second-order valence-electron chi connectivity index (χ2n) is 4.83. The molecule has 2 aromatic carbocycles. The zero-order valence-corrected chi connectivity index (χ0v) is 11.8. The van der Waals surface area contributed by atoms with E-state index in [1.165, 1.54) is 6.07 Å². The van der Waals surface area contributed by atoms with Gasteiger partial charge < -0.3 is 5.32 Å². The number of nitrogens with one attached hydrogen (secondary N) is 1. The highest BCUT2D eigenvalue weighted by atomic mass is 19.1. The Hall–Kier alpha value is -2.82. The van der Waals surface area contributed by atoms with Crippen LogP contribution in [0.4, 0.5) is 4.39 Å². The van der Waals surface area contributed by atoms with Crippen molar-refractivity contribution in [2.75, 3.05) is 6.54 Å². The van der Waals surface area contributed by atoms with Gasteiger partial charge >= 0.3 is 0 Å². The lowest BCUT2D eigenvalue weighted by Crippen LogP contribution is -2.26. The van der Waals surface area contributed by atoms with Gasteiger partial charge in [-0.2, -0.15) is 0 Å². The van der Waals surface area contributed by atoms with Gasteiger partial charge in [-0.05, 0) is 30.2 Å². The highest BCUT2D eigenvalue weighted by Crippen LogP contribution is 2.13. The Bertz CT molecular complexity index is 814.